The molecule has 0 unspecified atom stereocenters. The van der Waals surface area contributed by atoms with E-state index in [9.17, 15) is 4.39 Å². The van der Waals surface area contributed by atoms with Gasteiger partial charge in [-0.15, -0.1) is 0 Å². The van der Waals surface area contributed by atoms with Crippen molar-refractivity contribution >= 4 is 11.8 Å². The molecule has 2 heterocycles. The SMILES string of the molecule is Cc1cc(NCc2ccccc2F)nc(NCc2ccc3c(c2)OCO3)n1. The lowest BCUT2D eigenvalue weighted by atomic mass is 10.2. The molecule has 138 valence electrons. The molecular weight excluding hydrogens is 347 g/mol. The standard InChI is InChI=1S/C20H19FN4O2/c1-13-8-19(22-11-15-4-2-3-5-16(15)21)25-20(24-13)23-10-14-6-7-17-18(9-14)27-12-26-17/h2-9H,10-12H2,1H3,(H2,22,23,24,25). The fourth-order valence-corrected chi connectivity index (χ4v) is 2.80. The molecule has 6 nitrogen and oxygen atoms in total. The number of hydrogen-bond acceptors (Lipinski definition) is 6. The van der Waals surface area contributed by atoms with Gasteiger partial charge in [-0.2, -0.15) is 4.98 Å². The summed E-state index contributed by atoms with van der Waals surface area (Å²) in [6.45, 7) is 3.05. The van der Waals surface area contributed by atoms with E-state index in [2.05, 4.69) is 20.6 Å². The highest BCUT2D eigenvalue weighted by Crippen LogP contribution is 2.32. The van der Waals surface area contributed by atoms with Crippen molar-refractivity contribution in [1.82, 2.24) is 9.97 Å². The predicted molar refractivity (Wildman–Crippen MR) is 100 cm³/mol. The van der Waals surface area contributed by atoms with Crippen LogP contribution in [0.15, 0.2) is 48.5 Å². The van der Waals surface area contributed by atoms with Gasteiger partial charge in [0.05, 0.1) is 0 Å². The van der Waals surface area contributed by atoms with Crippen LogP contribution in [0, 0.1) is 12.7 Å². The van der Waals surface area contributed by atoms with Crippen LogP contribution in [0.1, 0.15) is 16.8 Å². The van der Waals surface area contributed by atoms with Crippen molar-refractivity contribution in [2.75, 3.05) is 17.4 Å². The Morgan fingerprint density at radius 1 is 0.963 bits per heavy atom. The van der Waals surface area contributed by atoms with E-state index in [0.717, 1.165) is 22.8 Å². The molecule has 0 saturated carbocycles. The third-order valence-corrected chi connectivity index (χ3v) is 4.16. The molecule has 2 aromatic carbocycles. The first-order valence-electron chi connectivity index (χ1n) is 8.63. The van der Waals surface area contributed by atoms with E-state index >= 15 is 0 Å². The maximum atomic E-state index is 13.7. The molecule has 0 fully saturated rings. The fourth-order valence-electron chi connectivity index (χ4n) is 2.80. The number of nitrogens with zero attached hydrogens (tertiary/aromatic N) is 2. The Hall–Kier alpha value is -3.35. The molecule has 0 aliphatic carbocycles. The van der Waals surface area contributed by atoms with Crippen molar-refractivity contribution in [2.45, 2.75) is 20.0 Å². The van der Waals surface area contributed by atoms with Crippen molar-refractivity contribution in [2.24, 2.45) is 0 Å². The zero-order valence-electron chi connectivity index (χ0n) is 14.8. The Balaban J connectivity index is 1.42. The highest BCUT2D eigenvalue weighted by Gasteiger charge is 2.13. The molecule has 1 aliphatic heterocycles. The first kappa shape index (κ1) is 17.1. The van der Waals surface area contributed by atoms with Crippen LogP contribution in [0.2, 0.25) is 0 Å². The second-order valence-electron chi connectivity index (χ2n) is 6.20. The van der Waals surface area contributed by atoms with Gasteiger partial charge in [-0.25, -0.2) is 9.37 Å². The highest BCUT2D eigenvalue weighted by molar-refractivity contribution is 5.46. The quantitative estimate of drug-likeness (QED) is 0.690. The van der Waals surface area contributed by atoms with E-state index in [-0.39, 0.29) is 12.6 Å². The fraction of sp³-hybridized carbons (Fsp3) is 0.200. The largest absolute Gasteiger partial charge is 0.454 e. The van der Waals surface area contributed by atoms with Crippen LogP contribution in [0.25, 0.3) is 0 Å². The summed E-state index contributed by atoms with van der Waals surface area (Å²) >= 11 is 0. The summed E-state index contributed by atoms with van der Waals surface area (Å²) in [7, 11) is 0. The van der Waals surface area contributed by atoms with Gasteiger partial charge in [0.15, 0.2) is 11.5 Å². The summed E-state index contributed by atoms with van der Waals surface area (Å²) < 4.78 is 24.5. The van der Waals surface area contributed by atoms with Gasteiger partial charge in [-0.3, -0.25) is 0 Å². The number of anilines is 2. The second kappa shape index (κ2) is 7.49. The Bertz CT molecular complexity index is 964. The van der Waals surface area contributed by atoms with Crippen LogP contribution in [0.5, 0.6) is 11.5 Å². The number of nitrogens with one attached hydrogen (secondary N) is 2. The zero-order chi connectivity index (χ0) is 18.6. The number of hydrogen-bond donors (Lipinski definition) is 2. The molecule has 0 bridgehead atoms. The Kier molecular flexibility index (Phi) is 4.74. The molecule has 27 heavy (non-hydrogen) atoms. The topological polar surface area (TPSA) is 68.3 Å². The van der Waals surface area contributed by atoms with E-state index in [1.165, 1.54) is 6.07 Å². The summed E-state index contributed by atoms with van der Waals surface area (Å²) in [6.07, 6.45) is 0. The van der Waals surface area contributed by atoms with Gasteiger partial charge in [0.2, 0.25) is 12.7 Å². The number of benzene rings is 2. The third kappa shape index (κ3) is 4.08. The Morgan fingerprint density at radius 2 is 1.81 bits per heavy atom. The lowest BCUT2D eigenvalue weighted by Gasteiger charge is -2.11. The number of aromatic nitrogens is 2. The zero-order valence-corrected chi connectivity index (χ0v) is 14.8. The number of rotatable bonds is 6. The molecule has 3 aromatic rings. The van der Waals surface area contributed by atoms with Crippen LogP contribution in [0.4, 0.5) is 16.2 Å². The summed E-state index contributed by atoms with van der Waals surface area (Å²) in [5.74, 6) is 2.40. The molecule has 0 amide bonds. The van der Waals surface area contributed by atoms with E-state index < -0.39 is 0 Å². The molecular formula is C20H19FN4O2. The normalized spacial score (nSPS) is 12.1. The monoisotopic (exact) mass is 366 g/mol. The van der Waals surface area contributed by atoms with Gasteiger partial charge in [0, 0.05) is 30.4 Å². The van der Waals surface area contributed by atoms with Crippen molar-refractivity contribution < 1.29 is 13.9 Å². The maximum Gasteiger partial charge on any atom is 0.231 e. The van der Waals surface area contributed by atoms with Gasteiger partial charge in [0.25, 0.3) is 0 Å². The van der Waals surface area contributed by atoms with E-state index in [1.54, 1.807) is 12.1 Å². The van der Waals surface area contributed by atoms with E-state index in [4.69, 9.17) is 9.47 Å². The number of aryl methyl sites for hydroxylation is 1. The van der Waals surface area contributed by atoms with E-state index in [1.807, 2.05) is 37.3 Å². The molecule has 1 aliphatic rings. The molecule has 7 heteroatoms. The summed E-state index contributed by atoms with van der Waals surface area (Å²) in [4.78, 5) is 8.86. The van der Waals surface area contributed by atoms with Crippen molar-refractivity contribution in [3.05, 3.63) is 71.2 Å². The van der Waals surface area contributed by atoms with Gasteiger partial charge in [-0.1, -0.05) is 24.3 Å². The predicted octanol–water partition coefficient (Wildman–Crippen LogP) is 3.88. The second-order valence-corrected chi connectivity index (χ2v) is 6.20. The van der Waals surface area contributed by atoms with Crippen molar-refractivity contribution in [3.8, 4) is 11.5 Å². The minimum atomic E-state index is -0.239. The minimum absolute atomic E-state index is 0.239. The van der Waals surface area contributed by atoms with Crippen LogP contribution in [-0.4, -0.2) is 16.8 Å². The Morgan fingerprint density at radius 3 is 2.70 bits per heavy atom. The molecule has 0 saturated heterocycles. The maximum absolute atomic E-state index is 13.7. The van der Waals surface area contributed by atoms with Gasteiger partial charge >= 0.3 is 0 Å². The average Bonchev–Trinajstić information content (AvgIpc) is 3.13. The Labute approximate surface area is 156 Å². The summed E-state index contributed by atoms with van der Waals surface area (Å²) in [5.41, 5.74) is 2.43. The van der Waals surface area contributed by atoms with E-state index in [0.29, 0.717) is 30.4 Å². The van der Waals surface area contributed by atoms with Gasteiger partial charge < -0.3 is 20.1 Å². The molecule has 1 aromatic heterocycles. The first-order valence-corrected chi connectivity index (χ1v) is 8.63. The molecule has 2 N–H and O–H groups in total. The summed E-state index contributed by atoms with van der Waals surface area (Å²) in [6, 6.07) is 14.3. The molecule has 0 radical (unpaired) electrons. The van der Waals surface area contributed by atoms with Crippen LogP contribution < -0.4 is 20.1 Å². The number of fused-ring (bicyclic) bond motifs is 1. The third-order valence-electron chi connectivity index (χ3n) is 4.16. The van der Waals surface area contributed by atoms with Gasteiger partial charge in [-0.05, 0) is 30.7 Å². The van der Waals surface area contributed by atoms with Crippen molar-refractivity contribution in [3.63, 3.8) is 0 Å². The minimum Gasteiger partial charge on any atom is -0.454 e. The molecule has 0 atom stereocenters. The number of halogens is 1. The van der Waals surface area contributed by atoms with Crippen molar-refractivity contribution in [1.29, 1.82) is 0 Å². The lowest BCUT2D eigenvalue weighted by Crippen LogP contribution is -2.08. The lowest BCUT2D eigenvalue weighted by molar-refractivity contribution is 0.174. The molecule has 0 spiro atoms. The van der Waals surface area contributed by atoms with Crippen LogP contribution in [-0.2, 0) is 13.1 Å². The average molecular weight is 366 g/mol. The highest BCUT2D eigenvalue weighted by atomic mass is 19.1. The number of ether oxygens (including phenoxy) is 2. The van der Waals surface area contributed by atoms with Crippen LogP contribution in [0.3, 0.4) is 0 Å². The summed E-state index contributed by atoms with van der Waals surface area (Å²) in [5, 5.41) is 6.36. The first-order chi connectivity index (χ1) is 13.2. The van der Waals surface area contributed by atoms with Crippen LogP contribution >= 0.6 is 0 Å². The molecule has 4 rings (SSSR count). The van der Waals surface area contributed by atoms with Gasteiger partial charge in [0.1, 0.15) is 11.6 Å². The smallest absolute Gasteiger partial charge is 0.231 e.